The number of benzene rings is 1. The van der Waals surface area contributed by atoms with Gasteiger partial charge in [-0.15, -0.1) is 0 Å². The first kappa shape index (κ1) is 14.0. The van der Waals surface area contributed by atoms with Crippen LogP contribution < -0.4 is 0 Å². The molecule has 0 saturated heterocycles. The van der Waals surface area contributed by atoms with Crippen LogP contribution in [0.15, 0.2) is 27.2 Å². The summed E-state index contributed by atoms with van der Waals surface area (Å²) in [6.45, 7) is 6.24. The largest absolute Gasteiger partial charge is 0.507 e. The third kappa shape index (κ3) is 2.96. The van der Waals surface area contributed by atoms with E-state index in [0.717, 1.165) is 0 Å². The summed E-state index contributed by atoms with van der Waals surface area (Å²) in [5.74, 6) is 0.957. The summed E-state index contributed by atoms with van der Waals surface area (Å²) in [5, 5.41) is 13.6. The lowest BCUT2D eigenvalue weighted by atomic mass is 10.1. The molecule has 0 spiro atoms. The Bertz CT molecular complexity index is 581. The van der Waals surface area contributed by atoms with Gasteiger partial charge in [0.05, 0.1) is 4.47 Å². The molecule has 0 unspecified atom stereocenters. The lowest BCUT2D eigenvalue weighted by Gasteiger charge is -2.19. The van der Waals surface area contributed by atoms with Gasteiger partial charge in [0.1, 0.15) is 11.4 Å². The molecular formula is C13H15BrN2O3. The maximum atomic E-state index is 9.65. The summed E-state index contributed by atoms with van der Waals surface area (Å²) >= 11 is 3.22. The monoisotopic (exact) mass is 326 g/mol. The SMILES string of the molecule is CCOC(C)(C)c1noc(-c2ccc(Br)c(O)c2)n1. The Morgan fingerprint density at radius 1 is 1.42 bits per heavy atom. The standard InChI is InChI=1S/C13H15BrN2O3/c1-4-18-13(2,3)12-15-11(19-16-12)8-5-6-9(14)10(17)7-8/h5-7,17H,4H2,1-3H3. The van der Waals surface area contributed by atoms with Crippen LogP contribution in [0.2, 0.25) is 0 Å². The number of aromatic hydroxyl groups is 1. The van der Waals surface area contributed by atoms with E-state index in [9.17, 15) is 5.11 Å². The number of hydrogen-bond acceptors (Lipinski definition) is 5. The van der Waals surface area contributed by atoms with E-state index in [0.29, 0.717) is 28.4 Å². The Kier molecular flexibility index (Phi) is 3.91. The maximum Gasteiger partial charge on any atom is 0.258 e. The Labute approximate surface area is 119 Å². The van der Waals surface area contributed by atoms with E-state index in [1.807, 2.05) is 20.8 Å². The van der Waals surface area contributed by atoms with Crippen molar-refractivity contribution in [2.45, 2.75) is 26.4 Å². The molecule has 6 heteroatoms. The Hall–Kier alpha value is -1.40. The van der Waals surface area contributed by atoms with Crippen LogP contribution in [0, 0.1) is 0 Å². The molecule has 0 amide bonds. The first-order chi connectivity index (χ1) is 8.94. The number of halogens is 1. The molecule has 1 heterocycles. The van der Waals surface area contributed by atoms with Crippen LogP contribution in [0.25, 0.3) is 11.5 Å². The van der Waals surface area contributed by atoms with Gasteiger partial charge in [0.25, 0.3) is 5.89 Å². The molecule has 5 nitrogen and oxygen atoms in total. The summed E-state index contributed by atoms with van der Waals surface area (Å²) < 4.78 is 11.4. The molecule has 0 atom stereocenters. The van der Waals surface area contributed by atoms with Crippen LogP contribution >= 0.6 is 15.9 Å². The summed E-state index contributed by atoms with van der Waals surface area (Å²) in [7, 11) is 0. The number of rotatable bonds is 4. The summed E-state index contributed by atoms with van der Waals surface area (Å²) in [5.41, 5.74) is 0.0558. The summed E-state index contributed by atoms with van der Waals surface area (Å²) in [6.07, 6.45) is 0. The number of nitrogens with zero attached hydrogens (tertiary/aromatic N) is 2. The van der Waals surface area contributed by atoms with Crippen LogP contribution in [0.4, 0.5) is 0 Å². The molecule has 0 radical (unpaired) electrons. The van der Waals surface area contributed by atoms with Gasteiger partial charge in [0.2, 0.25) is 5.82 Å². The molecule has 0 bridgehead atoms. The normalized spacial score (nSPS) is 11.8. The molecule has 1 N–H and O–H groups in total. The molecule has 0 aliphatic heterocycles. The fourth-order valence-corrected chi connectivity index (χ4v) is 1.90. The van der Waals surface area contributed by atoms with E-state index in [1.54, 1.807) is 18.2 Å². The van der Waals surface area contributed by atoms with Crippen LogP contribution in [-0.2, 0) is 10.3 Å². The first-order valence-electron chi connectivity index (χ1n) is 5.91. The average Bonchev–Trinajstić information content (AvgIpc) is 2.83. The number of phenols is 1. The molecule has 0 aliphatic rings. The number of phenolic OH excluding ortho intramolecular Hbond substituents is 1. The van der Waals surface area contributed by atoms with Gasteiger partial charge in [-0.05, 0) is 54.9 Å². The minimum atomic E-state index is -0.603. The van der Waals surface area contributed by atoms with Crippen molar-refractivity contribution in [2.24, 2.45) is 0 Å². The summed E-state index contributed by atoms with van der Waals surface area (Å²) in [6, 6.07) is 5.08. The fraction of sp³-hybridized carbons (Fsp3) is 0.385. The third-order valence-corrected chi connectivity index (χ3v) is 3.33. The van der Waals surface area contributed by atoms with Gasteiger partial charge in [0, 0.05) is 12.2 Å². The molecule has 2 rings (SSSR count). The van der Waals surface area contributed by atoms with E-state index in [2.05, 4.69) is 26.1 Å². The smallest absolute Gasteiger partial charge is 0.258 e. The highest BCUT2D eigenvalue weighted by molar-refractivity contribution is 9.10. The predicted octanol–water partition coefficient (Wildman–Crippen LogP) is 3.48. The number of hydrogen-bond donors (Lipinski definition) is 1. The van der Waals surface area contributed by atoms with Gasteiger partial charge in [-0.1, -0.05) is 5.16 Å². The van der Waals surface area contributed by atoms with Crippen LogP contribution in [0.1, 0.15) is 26.6 Å². The van der Waals surface area contributed by atoms with Gasteiger partial charge in [0.15, 0.2) is 0 Å². The minimum Gasteiger partial charge on any atom is -0.507 e. The number of ether oxygens (including phenoxy) is 1. The highest BCUT2D eigenvalue weighted by Gasteiger charge is 2.27. The molecule has 0 saturated carbocycles. The second-order valence-electron chi connectivity index (χ2n) is 4.53. The molecule has 1 aromatic heterocycles. The lowest BCUT2D eigenvalue weighted by Crippen LogP contribution is -2.23. The Morgan fingerprint density at radius 2 is 2.16 bits per heavy atom. The average molecular weight is 327 g/mol. The van der Waals surface area contributed by atoms with Crippen molar-refractivity contribution in [3.63, 3.8) is 0 Å². The highest BCUT2D eigenvalue weighted by Crippen LogP contribution is 2.30. The van der Waals surface area contributed by atoms with E-state index in [-0.39, 0.29) is 5.75 Å². The molecule has 19 heavy (non-hydrogen) atoms. The van der Waals surface area contributed by atoms with Crippen molar-refractivity contribution >= 4 is 15.9 Å². The topological polar surface area (TPSA) is 68.4 Å². The van der Waals surface area contributed by atoms with Crippen molar-refractivity contribution < 1.29 is 14.4 Å². The second kappa shape index (κ2) is 5.30. The van der Waals surface area contributed by atoms with Gasteiger partial charge in [-0.2, -0.15) is 4.98 Å². The zero-order valence-corrected chi connectivity index (χ0v) is 12.6. The minimum absolute atomic E-state index is 0.126. The predicted molar refractivity (Wildman–Crippen MR) is 73.8 cm³/mol. The summed E-state index contributed by atoms with van der Waals surface area (Å²) in [4.78, 5) is 4.31. The van der Waals surface area contributed by atoms with Crippen molar-refractivity contribution in [1.29, 1.82) is 0 Å². The van der Waals surface area contributed by atoms with E-state index >= 15 is 0 Å². The van der Waals surface area contributed by atoms with Gasteiger partial charge < -0.3 is 14.4 Å². The number of aromatic nitrogens is 2. The van der Waals surface area contributed by atoms with Crippen molar-refractivity contribution in [3.8, 4) is 17.2 Å². The zero-order valence-electron chi connectivity index (χ0n) is 11.0. The second-order valence-corrected chi connectivity index (χ2v) is 5.39. The molecule has 1 aromatic carbocycles. The van der Waals surface area contributed by atoms with Gasteiger partial charge >= 0.3 is 0 Å². The molecule has 2 aromatic rings. The molecule has 0 fully saturated rings. The Balaban J connectivity index is 2.33. The van der Waals surface area contributed by atoms with Crippen molar-refractivity contribution in [3.05, 3.63) is 28.5 Å². The van der Waals surface area contributed by atoms with Crippen molar-refractivity contribution in [2.75, 3.05) is 6.61 Å². The molecule has 102 valence electrons. The fourth-order valence-electron chi connectivity index (χ4n) is 1.66. The maximum absolute atomic E-state index is 9.65. The van der Waals surface area contributed by atoms with Crippen LogP contribution in [-0.4, -0.2) is 21.9 Å². The van der Waals surface area contributed by atoms with E-state index < -0.39 is 5.60 Å². The van der Waals surface area contributed by atoms with Gasteiger partial charge in [-0.3, -0.25) is 0 Å². The van der Waals surface area contributed by atoms with E-state index in [4.69, 9.17) is 9.26 Å². The van der Waals surface area contributed by atoms with Crippen LogP contribution in [0.5, 0.6) is 5.75 Å². The van der Waals surface area contributed by atoms with Crippen LogP contribution in [0.3, 0.4) is 0 Å². The lowest BCUT2D eigenvalue weighted by molar-refractivity contribution is -0.0221. The zero-order chi connectivity index (χ0) is 14.0. The quantitative estimate of drug-likeness (QED) is 0.931. The van der Waals surface area contributed by atoms with E-state index in [1.165, 1.54) is 0 Å². The molecular weight excluding hydrogens is 312 g/mol. The van der Waals surface area contributed by atoms with Gasteiger partial charge in [-0.25, -0.2) is 0 Å². The first-order valence-corrected chi connectivity index (χ1v) is 6.70. The highest BCUT2D eigenvalue weighted by atomic mass is 79.9. The van der Waals surface area contributed by atoms with Crippen molar-refractivity contribution in [1.82, 2.24) is 10.1 Å². The third-order valence-electron chi connectivity index (χ3n) is 2.66. The Morgan fingerprint density at radius 3 is 2.79 bits per heavy atom. The molecule has 0 aliphatic carbocycles.